The molecule has 2 N–H and O–H groups in total. The minimum Gasteiger partial charge on any atom is -0.423 e. The number of hydrogen-bond acceptors (Lipinski definition) is 4. The number of benzene rings is 2. The van der Waals surface area contributed by atoms with Crippen LogP contribution in [0, 0.1) is 0 Å². The van der Waals surface area contributed by atoms with Gasteiger partial charge in [-0.1, -0.05) is 36.4 Å². The highest BCUT2D eigenvalue weighted by atomic mass is 32.2. The van der Waals surface area contributed by atoms with E-state index in [2.05, 4.69) is 0 Å². The Morgan fingerprint density at radius 1 is 0.947 bits per heavy atom. The second-order valence-electron chi connectivity index (χ2n) is 4.30. The number of rotatable bonds is 3. The van der Waals surface area contributed by atoms with E-state index in [0.29, 0.717) is 11.0 Å². The van der Waals surface area contributed by atoms with Crippen molar-refractivity contribution >= 4 is 22.4 Å². The van der Waals surface area contributed by atoms with Gasteiger partial charge in [0.15, 0.2) is 9.84 Å². The van der Waals surface area contributed by atoms with Gasteiger partial charge in [0.25, 0.3) is 0 Å². The van der Waals surface area contributed by atoms with Crippen LogP contribution in [-0.4, -0.2) is 31.8 Å². The molecule has 98 valence electrons. The molecule has 0 saturated carbocycles. The third kappa shape index (κ3) is 3.23. The van der Waals surface area contributed by atoms with Crippen molar-refractivity contribution in [1.82, 2.24) is 0 Å². The zero-order chi connectivity index (χ0) is 14.0. The molecule has 0 aliphatic heterocycles. The Bertz CT molecular complexity index is 695. The standard InChI is InChI=1S/C13H13BO4S/c1-19(17,18)13-7-3-5-11(9-13)10-4-2-6-12(8-10)14(15)16/h2-9,15-16H,1H3. The first-order chi connectivity index (χ1) is 8.88. The van der Waals surface area contributed by atoms with Crippen LogP contribution in [0.15, 0.2) is 53.4 Å². The molecule has 0 saturated heterocycles. The number of sulfone groups is 1. The summed E-state index contributed by atoms with van der Waals surface area (Å²) in [5, 5.41) is 18.3. The van der Waals surface area contributed by atoms with Crippen LogP contribution in [-0.2, 0) is 9.84 Å². The maximum atomic E-state index is 11.5. The predicted molar refractivity (Wildman–Crippen MR) is 74.8 cm³/mol. The Balaban J connectivity index is 2.51. The first-order valence-electron chi connectivity index (χ1n) is 5.64. The molecule has 0 amide bonds. The number of hydrogen-bond donors (Lipinski definition) is 2. The van der Waals surface area contributed by atoms with Crippen LogP contribution in [0.3, 0.4) is 0 Å². The summed E-state index contributed by atoms with van der Waals surface area (Å²) in [5.74, 6) is 0. The third-order valence-electron chi connectivity index (χ3n) is 2.78. The monoisotopic (exact) mass is 276 g/mol. The minimum atomic E-state index is -3.26. The van der Waals surface area contributed by atoms with Crippen molar-refractivity contribution in [2.24, 2.45) is 0 Å². The van der Waals surface area contributed by atoms with Gasteiger partial charge in [-0.3, -0.25) is 0 Å². The average molecular weight is 276 g/mol. The molecule has 6 heteroatoms. The highest BCUT2D eigenvalue weighted by Gasteiger charge is 2.12. The average Bonchev–Trinajstić information content (AvgIpc) is 2.38. The summed E-state index contributed by atoms with van der Waals surface area (Å²) >= 11 is 0. The Morgan fingerprint density at radius 2 is 1.53 bits per heavy atom. The van der Waals surface area contributed by atoms with Gasteiger partial charge in [-0.15, -0.1) is 0 Å². The van der Waals surface area contributed by atoms with Gasteiger partial charge >= 0.3 is 7.12 Å². The molecule has 2 aromatic carbocycles. The molecule has 0 unspecified atom stereocenters. The molecule has 0 aliphatic carbocycles. The van der Waals surface area contributed by atoms with Gasteiger partial charge in [-0.2, -0.15) is 0 Å². The molecule has 4 nitrogen and oxygen atoms in total. The topological polar surface area (TPSA) is 74.6 Å². The highest BCUT2D eigenvalue weighted by Crippen LogP contribution is 2.21. The fraction of sp³-hybridized carbons (Fsp3) is 0.0769. The van der Waals surface area contributed by atoms with E-state index in [1.807, 2.05) is 0 Å². The fourth-order valence-electron chi connectivity index (χ4n) is 1.79. The Kier molecular flexibility index (Phi) is 3.75. The molecule has 0 spiro atoms. The summed E-state index contributed by atoms with van der Waals surface area (Å²) in [6, 6.07) is 13.2. The summed E-state index contributed by atoms with van der Waals surface area (Å²) in [4.78, 5) is 0.236. The van der Waals surface area contributed by atoms with Gasteiger partial charge in [-0.05, 0) is 28.7 Å². The second kappa shape index (κ2) is 5.17. The van der Waals surface area contributed by atoms with Crippen LogP contribution in [0.25, 0.3) is 11.1 Å². The molecular formula is C13H13BO4S. The van der Waals surface area contributed by atoms with Gasteiger partial charge in [-0.25, -0.2) is 8.42 Å². The molecule has 0 aromatic heterocycles. The molecule has 19 heavy (non-hydrogen) atoms. The largest absolute Gasteiger partial charge is 0.488 e. The van der Waals surface area contributed by atoms with Gasteiger partial charge in [0, 0.05) is 6.26 Å². The lowest BCUT2D eigenvalue weighted by Crippen LogP contribution is -2.29. The van der Waals surface area contributed by atoms with Crippen LogP contribution in [0.4, 0.5) is 0 Å². The van der Waals surface area contributed by atoms with E-state index in [-0.39, 0.29) is 4.90 Å². The van der Waals surface area contributed by atoms with Crippen LogP contribution in [0.2, 0.25) is 0 Å². The summed E-state index contributed by atoms with van der Waals surface area (Å²) in [7, 11) is -4.80. The van der Waals surface area contributed by atoms with Crippen LogP contribution in [0.5, 0.6) is 0 Å². The Morgan fingerprint density at radius 3 is 2.11 bits per heavy atom. The summed E-state index contributed by atoms with van der Waals surface area (Å²) in [6.07, 6.45) is 1.15. The normalized spacial score (nSPS) is 11.3. The third-order valence-corrected chi connectivity index (χ3v) is 3.89. The molecule has 0 bridgehead atoms. The van der Waals surface area contributed by atoms with E-state index >= 15 is 0 Å². The molecule has 0 radical (unpaired) electrons. The molecule has 0 heterocycles. The first-order valence-corrected chi connectivity index (χ1v) is 7.53. The zero-order valence-corrected chi connectivity index (χ0v) is 11.1. The van der Waals surface area contributed by atoms with Crippen LogP contribution < -0.4 is 5.46 Å². The summed E-state index contributed by atoms with van der Waals surface area (Å²) in [5.41, 5.74) is 1.81. The summed E-state index contributed by atoms with van der Waals surface area (Å²) in [6.45, 7) is 0. The molecule has 0 atom stereocenters. The molecule has 2 aromatic rings. The highest BCUT2D eigenvalue weighted by molar-refractivity contribution is 7.90. The fourth-order valence-corrected chi connectivity index (χ4v) is 2.45. The van der Waals surface area contributed by atoms with E-state index in [4.69, 9.17) is 10.0 Å². The Labute approximate surface area is 112 Å². The molecular weight excluding hydrogens is 263 g/mol. The van der Waals surface area contributed by atoms with Crippen LogP contribution >= 0.6 is 0 Å². The maximum absolute atomic E-state index is 11.5. The van der Waals surface area contributed by atoms with E-state index in [1.165, 1.54) is 6.07 Å². The molecule has 0 aliphatic rings. The second-order valence-corrected chi connectivity index (χ2v) is 6.31. The van der Waals surface area contributed by atoms with Gasteiger partial charge in [0.2, 0.25) is 0 Å². The molecule has 0 fully saturated rings. The zero-order valence-electron chi connectivity index (χ0n) is 10.3. The van der Waals surface area contributed by atoms with E-state index in [9.17, 15) is 8.42 Å². The Hall–Kier alpha value is -1.63. The molecule has 2 rings (SSSR count). The predicted octanol–water partition coefficient (Wildman–Crippen LogP) is 0.437. The van der Waals surface area contributed by atoms with Gasteiger partial charge in [0.05, 0.1) is 4.90 Å². The maximum Gasteiger partial charge on any atom is 0.488 e. The van der Waals surface area contributed by atoms with Crippen molar-refractivity contribution in [2.75, 3.05) is 6.26 Å². The van der Waals surface area contributed by atoms with Crippen molar-refractivity contribution in [3.05, 3.63) is 48.5 Å². The van der Waals surface area contributed by atoms with E-state index in [0.717, 1.165) is 11.8 Å². The van der Waals surface area contributed by atoms with Gasteiger partial charge < -0.3 is 10.0 Å². The van der Waals surface area contributed by atoms with Gasteiger partial charge in [0.1, 0.15) is 0 Å². The smallest absolute Gasteiger partial charge is 0.423 e. The lowest BCUT2D eigenvalue weighted by Gasteiger charge is -2.06. The van der Waals surface area contributed by atoms with Crippen molar-refractivity contribution in [3.63, 3.8) is 0 Å². The van der Waals surface area contributed by atoms with Crippen molar-refractivity contribution < 1.29 is 18.5 Å². The summed E-state index contributed by atoms with van der Waals surface area (Å²) < 4.78 is 23.0. The van der Waals surface area contributed by atoms with E-state index < -0.39 is 17.0 Å². The van der Waals surface area contributed by atoms with Crippen molar-refractivity contribution in [1.29, 1.82) is 0 Å². The van der Waals surface area contributed by atoms with Crippen LogP contribution in [0.1, 0.15) is 0 Å². The first kappa shape index (κ1) is 13.8. The lowest BCUT2D eigenvalue weighted by molar-refractivity contribution is 0.426. The minimum absolute atomic E-state index is 0.236. The van der Waals surface area contributed by atoms with Crippen molar-refractivity contribution in [2.45, 2.75) is 4.90 Å². The van der Waals surface area contributed by atoms with E-state index in [1.54, 1.807) is 42.5 Å². The lowest BCUT2D eigenvalue weighted by atomic mass is 9.79. The quantitative estimate of drug-likeness (QED) is 0.798. The SMILES string of the molecule is CS(=O)(=O)c1cccc(-c2cccc(B(O)O)c2)c1. The van der Waals surface area contributed by atoms with Crippen molar-refractivity contribution in [3.8, 4) is 11.1 Å².